The van der Waals surface area contributed by atoms with E-state index in [0.717, 1.165) is 37.2 Å². The number of nitrogens with one attached hydrogen (secondary N) is 2. The van der Waals surface area contributed by atoms with Crippen molar-refractivity contribution in [1.29, 1.82) is 0 Å². The lowest BCUT2D eigenvalue weighted by Gasteiger charge is -2.16. The van der Waals surface area contributed by atoms with Crippen LogP contribution in [0.25, 0.3) is 0 Å². The number of halogens is 1. The van der Waals surface area contributed by atoms with E-state index in [1.165, 1.54) is 4.68 Å². The Labute approximate surface area is 157 Å². The average molecular weight is 378 g/mol. The maximum Gasteiger partial charge on any atom is 0.345 e. The highest BCUT2D eigenvalue weighted by atomic mass is 35.5. The van der Waals surface area contributed by atoms with E-state index in [4.69, 9.17) is 11.6 Å². The van der Waals surface area contributed by atoms with Crippen LogP contribution in [-0.2, 0) is 19.5 Å². The van der Waals surface area contributed by atoms with Crippen LogP contribution < -0.4 is 16.3 Å². The molecule has 2 heterocycles. The Morgan fingerprint density at radius 2 is 2.15 bits per heavy atom. The van der Waals surface area contributed by atoms with E-state index in [-0.39, 0.29) is 17.8 Å². The Bertz CT molecular complexity index is 829. The number of hydrogen-bond acceptors (Lipinski definition) is 3. The van der Waals surface area contributed by atoms with E-state index >= 15 is 0 Å². The summed E-state index contributed by atoms with van der Waals surface area (Å²) in [7, 11) is 0. The first-order chi connectivity index (χ1) is 12.6. The molecular formula is C18H24ClN5O2. The third-order valence-corrected chi connectivity index (χ3v) is 4.93. The smallest absolute Gasteiger partial charge is 0.338 e. The summed E-state index contributed by atoms with van der Waals surface area (Å²) in [6.07, 6.45) is 3.62. The molecule has 0 unspecified atom stereocenters. The Kier molecular flexibility index (Phi) is 5.98. The fourth-order valence-corrected chi connectivity index (χ4v) is 3.48. The molecule has 8 heteroatoms. The van der Waals surface area contributed by atoms with Crippen LogP contribution in [0.15, 0.2) is 29.1 Å². The summed E-state index contributed by atoms with van der Waals surface area (Å²) in [5, 5.41) is 10.7. The molecule has 3 rings (SSSR count). The van der Waals surface area contributed by atoms with Gasteiger partial charge in [0.25, 0.3) is 0 Å². The molecule has 1 aromatic carbocycles. The first-order valence-corrected chi connectivity index (χ1v) is 9.39. The predicted octanol–water partition coefficient (Wildman–Crippen LogP) is 2.49. The molecule has 1 atom stereocenters. The molecule has 1 aromatic heterocycles. The van der Waals surface area contributed by atoms with Crippen molar-refractivity contribution >= 4 is 17.6 Å². The second-order valence-electron chi connectivity index (χ2n) is 6.53. The van der Waals surface area contributed by atoms with Crippen LogP contribution in [-0.4, -0.2) is 26.9 Å². The summed E-state index contributed by atoms with van der Waals surface area (Å²) < 4.78 is 3.27. The Morgan fingerprint density at radius 3 is 2.92 bits per heavy atom. The van der Waals surface area contributed by atoms with Crippen molar-refractivity contribution in [1.82, 2.24) is 25.0 Å². The number of nitrogens with zero attached hydrogens (tertiary/aromatic N) is 3. The summed E-state index contributed by atoms with van der Waals surface area (Å²) in [5.74, 6) is 0.875. The van der Waals surface area contributed by atoms with Gasteiger partial charge in [0.2, 0.25) is 0 Å². The Balaban J connectivity index is 1.44. The van der Waals surface area contributed by atoms with Gasteiger partial charge in [0.1, 0.15) is 5.82 Å². The van der Waals surface area contributed by atoms with E-state index in [1.807, 2.05) is 25.1 Å². The maximum absolute atomic E-state index is 12.2. The molecule has 0 fully saturated rings. The molecule has 0 saturated heterocycles. The lowest BCUT2D eigenvalue weighted by Crippen LogP contribution is -2.38. The molecule has 2 amide bonds. The highest BCUT2D eigenvalue weighted by Gasteiger charge is 2.16. The highest BCUT2D eigenvalue weighted by molar-refractivity contribution is 6.31. The van der Waals surface area contributed by atoms with E-state index < -0.39 is 0 Å². The van der Waals surface area contributed by atoms with Crippen LogP contribution >= 0.6 is 11.6 Å². The minimum absolute atomic E-state index is 0.0449. The topological polar surface area (TPSA) is 81.0 Å². The van der Waals surface area contributed by atoms with Crippen molar-refractivity contribution in [2.24, 2.45) is 0 Å². The van der Waals surface area contributed by atoms with Gasteiger partial charge in [-0.15, -0.1) is 0 Å². The summed E-state index contributed by atoms with van der Waals surface area (Å²) in [5.41, 5.74) is 0.830. The third kappa shape index (κ3) is 4.27. The number of carbonyl (C=O) groups is 1. The van der Waals surface area contributed by atoms with Crippen LogP contribution in [0.2, 0.25) is 5.02 Å². The molecule has 1 aliphatic heterocycles. The van der Waals surface area contributed by atoms with E-state index in [9.17, 15) is 9.59 Å². The molecule has 1 aliphatic rings. The van der Waals surface area contributed by atoms with Gasteiger partial charge in [-0.25, -0.2) is 14.3 Å². The molecule has 140 valence electrons. The number of urea groups is 1. The second kappa shape index (κ2) is 8.40. The SMILES string of the molecule is C[C@@H](NC(=O)NCCCn1nc2n(c1=O)CCCC2)c1ccccc1Cl. The third-order valence-electron chi connectivity index (χ3n) is 4.58. The van der Waals surface area contributed by atoms with Crippen LogP contribution in [0, 0.1) is 0 Å². The number of aryl methyl sites for hydroxylation is 2. The van der Waals surface area contributed by atoms with Crippen LogP contribution in [0.1, 0.15) is 43.6 Å². The first kappa shape index (κ1) is 18.5. The van der Waals surface area contributed by atoms with Gasteiger partial charge in [-0.05, 0) is 37.8 Å². The van der Waals surface area contributed by atoms with E-state index in [2.05, 4.69) is 15.7 Å². The van der Waals surface area contributed by atoms with Gasteiger partial charge < -0.3 is 10.6 Å². The molecule has 0 radical (unpaired) electrons. The van der Waals surface area contributed by atoms with Crippen molar-refractivity contribution < 1.29 is 4.79 Å². The normalized spacial score (nSPS) is 14.5. The molecule has 2 aromatic rings. The number of amides is 2. The molecule has 0 saturated carbocycles. The van der Waals surface area contributed by atoms with Gasteiger partial charge in [0.15, 0.2) is 0 Å². The summed E-state index contributed by atoms with van der Waals surface area (Å²) in [6, 6.07) is 6.99. The minimum atomic E-state index is -0.256. The monoisotopic (exact) mass is 377 g/mol. The largest absolute Gasteiger partial charge is 0.345 e. The fourth-order valence-electron chi connectivity index (χ4n) is 3.18. The molecule has 0 spiro atoms. The van der Waals surface area contributed by atoms with Crippen molar-refractivity contribution in [2.75, 3.05) is 6.54 Å². The van der Waals surface area contributed by atoms with Crippen LogP contribution in [0.4, 0.5) is 4.79 Å². The lowest BCUT2D eigenvalue weighted by molar-refractivity contribution is 0.237. The van der Waals surface area contributed by atoms with Gasteiger partial charge in [0.05, 0.1) is 6.04 Å². The number of rotatable bonds is 6. The zero-order chi connectivity index (χ0) is 18.5. The van der Waals surface area contributed by atoms with Gasteiger partial charge in [0, 0.05) is 31.1 Å². The molecule has 2 N–H and O–H groups in total. The van der Waals surface area contributed by atoms with E-state index in [1.54, 1.807) is 10.6 Å². The van der Waals surface area contributed by atoms with E-state index in [0.29, 0.717) is 24.5 Å². The van der Waals surface area contributed by atoms with Gasteiger partial charge in [-0.1, -0.05) is 29.8 Å². The molecule has 0 aliphatic carbocycles. The minimum Gasteiger partial charge on any atom is -0.338 e. The van der Waals surface area contributed by atoms with Crippen molar-refractivity contribution in [2.45, 2.75) is 51.7 Å². The molecule has 7 nitrogen and oxygen atoms in total. The lowest BCUT2D eigenvalue weighted by atomic mass is 10.1. The Morgan fingerprint density at radius 1 is 1.35 bits per heavy atom. The fraction of sp³-hybridized carbons (Fsp3) is 0.500. The first-order valence-electron chi connectivity index (χ1n) is 9.01. The molecule has 0 bridgehead atoms. The number of carbonyl (C=O) groups excluding carboxylic acids is 1. The van der Waals surface area contributed by atoms with Crippen molar-refractivity contribution in [3.63, 3.8) is 0 Å². The summed E-state index contributed by atoms with van der Waals surface area (Å²) in [4.78, 5) is 24.2. The second-order valence-corrected chi connectivity index (χ2v) is 6.93. The molecular weight excluding hydrogens is 354 g/mol. The zero-order valence-corrected chi connectivity index (χ0v) is 15.6. The van der Waals surface area contributed by atoms with Gasteiger partial charge in [-0.3, -0.25) is 4.57 Å². The average Bonchev–Trinajstić information content (AvgIpc) is 2.95. The van der Waals surface area contributed by atoms with Crippen LogP contribution in [0.3, 0.4) is 0 Å². The number of hydrogen-bond donors (Lipinski definition) is 2. The van der Waals surface area contributed by atoms with Crippen LogP contribution in [0.5, 0.6) is 0 Å². The maximum atomic E-state index is 12.2. The summed E-state index contributed by atoms with van der Waals surface area (Å²) >= 11 is 6.14. The number of benzene rings is 1. The van der Waals surface area contributed by atoms with Crippen molar-refractivity contribution in [3.05, 3.63) is 51.2 Å². The molecule has 26 heavy (non-hydrogen) atoms. The van der Waals surface area contributed by atoms with Gasteiger partial charge >= 0.3 is 11.7 Å². The Hall–Kier alpha value is -2.28. The summed E-state index contributed by atoms with van der Waals surface area (Å²) in [6.45, 7) is 3.61. The quantitative estimate of drug-likeness (QED) is 0.759. The highest BCUT2D eigenvalue weighted by Crippen LogP contribution is 2.21. The standard InChI is InChI=1S/C18H24ClN5O2/c1-13(14-7-2-3-8-15(14)19)21-17(25)20-10-6-12-24-18(26)23-11-5-4-9-16(23)22-24/h2-3,7-8,13H,4-6,9-12H2,1H3,(H2,20,21,25)/t13-/m1/s1. The number of aromatic nitrogens is 3. The predicted molar refractivity (Wildman–Crippen MR) is 100 cm³/mol. The van der Waals surface area contributed by atoms with Crippen molar-refractivity contribution in [3.8, 4) is 0 Å². The van der Waals surface area contributed by atoms with Gasteiger partial charge in [-0.2, -0.15) is 5.10 Å². The zero-order valence-electron chi connectivity index (χ0n) is 14.9. The number of fused-ring (bicyclic) bond motifs is 1.